The van der Waals surface area contributed by atoms with Crippen LogP contribution in [0.25, 0.3) is 0 Å². The summed E-state index contributed by atoms with van der Waals surface area (Å²) in [6, 6.07) is 5.25. The number of carboxylic acid groups (broad SMARTS) is 2. The summed E-state index contributed by atoms with van der Waals surface area (Å²) in [5, 5.41) is 39.6. The Morgan fingerprint density at radius 1 is 1.11 bits per heavy atom. The van der Waals surface area contributed by atoms with Gasteiger partial charge in [0, 0.05) is 6.54 Å². The van der Waals surface area contributed by atoms with E-state index in [-0.39, 0.29) is 12.4 Å². The zero-order valence-electron chi connectivity index (χ0n) is 15.8. The fraction of sp³-hybridized carbons (Fsp3) is 0.526. The van der Waals surface area contributed by atoms with Crippen molar-refractivity contribution >= 4 is 17.9 Å². The predicted octanol–water partition coefficient (Wildman–Crippen LogP) is 0.349. The van der Waals surface area contributed by atoms with Gasteiger partial charge in [0.05, 0.1) is 19.4 Å². The van der Waals surface area contributed by atoms with E-state index in [4.69, 9.17) is 20.1 Å². The molecule has 0 bridgehead atoms. The van der Waals surface area contributed by atoms with Crippen LogP contribution in [0.1, 0.15) is 37.3 Å². The number of esters is 1. The molecule has 0 heterocycles. The largest absolute Gasteiger partial charge is 0.481 e. The highest BCUT2D eigenvalue weighted by atomic mass is 16.5. The van der Waals surface area contributed by atoms with Gasteiger partial charge in [0.2, 0.25) is 0 Å². The molecule has 0 aliphatic rings. The van der Waals surface area contributed by atoms with Crippen LogP contribution in [-0.2, 0) is 27.2 Å². The van der Waals surface area contributed by atoms with Crippen LogP contribution in [-0.4, -0.2) is 63.6 Å². The van der Waals surface area contributed by atoms with E-state index in [1.165, 1.54) is 0 Å². The molecule has 0 aliphatic heterocycles. The van der Waals surface area contributed by atoms with Gasteiger partial charge in [-0.1, -0.05) is 25.5 Å². The van der Waals surface area contributed by atoms with E-state index in [1.807, 2.05) is 13.0 Å². The number of carbonyl (C=O) groups excluding carboxylic acids is 1. The Hall–Kier alpha value is -2.49. The van der Waals surface area contributed by atoms with Crippen LogP contribution in [0, 0.1) is 0 Å². The van der Waals surface area contributed by atoms with Crippen LogP contribution in [0.15, 0.2) is 18.2 Å². The number of aryl methyl sites for hydroxylation is 1. The average molecular weight is 397 g/mol. The van der Waals surface area contributed by atoms with Crippen molar-refractivity contribution in [3.05, 3.63) is 29.3 Å². The summed E-state index contributed by atoms with van der Waals surface area (Å²) < 4.78 is 5.22. The second-order valence-electron chi connectivity index (χ2n) is 6.47. The third-order valence-electron chi connectivity index (χ3n) is 4.03. The Morgan fingerprint density at radius 2 is 1.82 bits per heavy atom. The Kier molecular flexibility index (Phi) is 9.57. The molecule has 0 aromatic heterocycles. The van der Waals surface area contributed by atoms with Crippen LogP contribution in [0.5, 0.6) is 5.75 Å². The van der Waals surface area contributed by atoms with Gasteiger partial charge in [-0.3, -0.25) is 9.59 Å². The quantitative estimate of drug-likeness (QED) is 0.180. The van der Waals surface area contributed by atoms with Crippen molar-refractivity contribution in [2.45, 2.75) is 44.6 Å². The standard InChI is InChI=1S/C19H27NO8/c1-2-3-14-10-13(6-7-20-8-9-21)4-5-15(14)28-17(24)12-19(27,18(25)26)11-16(22)23/h4-5,10,20-21,27H,2-3,6-9,11-12H2,1H3,(H,22,23)(H,25,26). The van der Waals surface area contributed by atoms with E-state index in [2.05, 4.69) is 5.32 Å². The second kappa shape index (κ2) is 11.4. The molecule has 28 heavy (non-hydrogen) atoms. The van der Waals surface area contributed by atoms with E-state index in [0.717, 1.165) is 17.5 Å². The van der Waals surface area contributed by atoms with E-state index in [9.17, 15) is 19.5 Å². The number of carbonyl (C=O) groups is 3. The highest BCUT2D eigenvalue weighted by molar-refractivity contribution is 5.89. The number of ether oxygens (including phenoxy) is 1. The fourth-order valence-electron chi connectivity index (χ4n) is 2.65. The van der Waals surface area contributed by atoms with Crippen molar-refractivity contribution in [2.75, 3.05) is 19.7 Å². The molecule has 0 spiro atoms. The smallest absolute Gasteiger partial charge is 0.336 e. The molecule has 156 valence electrons. The van der Waals surface area contributed by atoms with Gasteiger partial charge < -0.3 is 30.5 Å². The van der Waals surface area contributed by atoms with Crippen LogP contribution in [0.2, 0.25) is 0 Å². The lowest BCUT2D eigenvalue weighted by Gasteiger charge is -2.20. The highest BCUT2D eigenvalue weighted by Crippen LogP contribution is 2.24. The zero-order valence-corrected chi connectivity index (χ0v) is 15.8. The van der Waals surface area contributed by atoms with Gasteiger partial charge in [0.15, 0.2) is 5.60 Å². The monoisotopic (exact) mass is 397 g/mol. The molecule has 1 rings (SSSR count). The summed E-state index contributed by atoms with van der Waals surface area (Å²) in [7, 11) is 0. The first-order valence-corrected chi connectivity index (χ1v) is 9.03. The maximum atomic E-state index is 12.1. The molecule has 5 N–H and O–H groups in total. The minimum atomic E-state index is -2.73. The first-order valence-electron chi connectivity index (χ1n) is 9.03. The fourth-order valence-corrected chi connectivity index (χ4v) is 2.65. The van der Waals surface area contributed by atoms with Crippen LogP contribution < -0.4 is 10.1 Å². The van der Waals surface area contributed by atoms with Crippen LogP contribution >= 0.6 is 0 Å². The maximum Gasteiger partial charge on any atom is 0.336 e. The molecule has 1 aromatic rings. The molecule has 0 radical (unpaired) electrons. The van der Waals surface area contributed by atoms with Crippen molar-refractivity contribution in [3.8, 4) is 5.75 Å². The lowest BCUT2D eigenvalue weighted by molar-refractivity contribution is -0.169. The SMILES string of the molecule is CCCc1cc(CCNCCO)ccc1OC(=O)CC(O)(CC(=O)O)C(=O)O. The van der Waals surface area contributed by atoms with Crippen LogP contribution in [0.4, 0.5) is 0 Å². The summed E-state index contributed by atoms with van der Waals surface area (Å²) in [6.45, 7) is 3.18. The van der Waals surface area contributed by atoms with Gasteiger partial charge in [-0.15, -0.1) is 0 Å². The van der Waals surface area contributed by atoms with E-state index in [0.29, 0.717) is 25.9 Å². The van der Waals surface area contributed by atoms with Crippen molar-refractivity contribution in [1.82, 2.24) is 5.32 Å². The third kappa shape index (κ3) is 7.63. The number of hydrogen-bond acceptors (Lipinski definition) is 7. The Balaban J connectivity index is 2.86. The molecule has 0 aliphatic carbocycles. The summed E-state index contributed by atoms with van der Waals surface area (Å²) in [5.74, 6) is -4.11. The highest BCUT2D eigenvalue weighted by Gasteiger charge is 2.41. The van der Waals surface area contributed by atoms with Gasteiger partial charge >= 0.3 is 17.9 Å². The molecule has 1 unspecified atom stereocenters. The average Bonchev–Trinajstić information content (AvgIpc) is 2.60. The van der Waals surface area contributed by atoms with Gasteiger partial charge in [-0.05, 0) is 36.6 Å². The van der Waals surface area contributed by atoms with Gasteiger partial charge in [-0.2, -0.15) is 0 Å². The first-order chi connectivity index (χ1) is 13.2. The number of aliphatic hydroxyl groups excluding tert-OH is 1. The number of hydrogen-bond donors (Lipinski definition) is 5. The molecule has 1 atom stereocenters. The molecule has 0 amide bonds. The summed E-state index contributed by atoms with van der Waals surface area (Å²) >= 11 is 0. The topological polar surface area (TPSA) is 153 Å². The number of rotatable bonds is 13. The lowest BCUT2D eigenvalue weighted by Crippen LogP contribution is -2.43. The predicted molar refractivity (Wildman–Crippen MR) is 99.2 cm³/mol. The molecule has 1 aromatic carbocycles. The van der Waals surface area contributed by atoms with Gasteiger partial charge in [0.25, 0.3) is 0 Å². The second-order valence-corrected chi connectivity index (χ2v) is 6.47. The van der Waals surface area contributed by atoms with Crippen molar-refractivity contribution in [1.29, 1.82) is 0 Å². The molecule has 0 fully saturated rings. The normalized spacial score (nSPS) is 13.0. The molecular weight excluding hydrogens is 370 g/mol. The van der Waals surface area contributed by atoms with Gasteiger partial charge in [-0.25, -0.2) is 4.79 Å². The minimum Gasteiger partial charge on any atom is -0.481 e. The minimum absolute atomic E-state index is 0.0561. The van der Waals surface area contributed by atoms with Crippen LogP contribution in [0.3, 0.4) is 0 Å². The van der Waals surface area contributed by atoms with Crippen molar-refractivity contribution in [2.24, 2.45) is 0 Å². The molecule has 0 saturated carbocycles. The summed E-state index contributed by atoms with van der Waals surface area (Å²) in [6.07, 6.45) is 0.0298. The van der Waals surface area contributed by atoms with Crippen molar-refractivity contribution < 1.29 is 39.5 Å². The number of benzene rings is 1. The van der Waals surface area contributed by atoms with Gasteiger partial charge in [0.1, 0.15) is 5.75 Å². The molecular formula is C19H27NO8. The summed E-state index contributed by atoms with van der Waals surface area (Å²) in [5.41, 5.74) is -0.971. The number of carboxylic acids is 2. The lowest BCUT2D eigenvalue weighted by atomic mass is 9.96. The Bertz CT molecular complexity index is 691. The maximum absolute atomic E-state index is 12.1. The Labute approximate surface area is 163 Å². The third-order valence-corrected chi connectivity index (χ3v) is 4.03. The van der Waals surface area contributed by atoms with E-state index < -0.39 is 36.4 Å². The molecule has 9 heteroatoms. The summed E-state index contributed by atoms with van der Waals surface area (Å²) in [4.78, 5) is 34.1. The molecule has 0 saturated heterocycles. The zero-order chi connectivity index (χ0) is 21.2. The molecule has 9 nitrogen and oxygen atoms in total. The number of aliphatic hydroxyl groups is 2. The first kappa shape index (κ1) is 23.5. The number of nitrogens with one attached hydrogen (secondary N) is 1. The van der Waals surface area contributed by atoms with E-state index >= 15 is 0 Å². The van der Waals surface area contributed by atoms with Crippen molar-refractivity contribution in [3.63, 3.8) is 0 Å². The Morgan fingerprint density at radius 3 is 2.39 bits per heavy atom. The number of aliphatic carboxylic acids is 2. The van der Waals surface area contributed by atoms with E-state index in [1.54, 1.807) is 12.1 Å².